The molecule has 0 aromatic rings. The highest BCUT2D eigenvalue weighted by Gasteiger charge is 2.55. The van der Waals surface area contributed by atoms with Crippen molar-refractivity contribution in [2.24, 2.45) is 17.8 Å². The summed E-state index contributed by atoms with van der Waals surface area (Å²) in [6.45, 7) is 5.49. The molecule has 2 aliphatic rings. The highest BCUT2D eigenvalue weighted by atomic mass is 16.6. The van der Waals surface area contributed by atoms with Gasteiger partial charge in [0.2, 0.25) is 6.04 Å². The van der Waals surface area contributed by atoms with E-state index in [0.29, 0.717) is 6.42 Å². The van der Waals surface area contributed by atoms with E-state index in [9.17, 15) is 14.9 Å². The summed E-state index contributed by atoms with van der Waals surface area (Å²) in [5.74, 6) is -1.03. The summed E-state index contributed by atoms with van der Waals surface area (Å²) in [5, 5.41) is 11.2. The maximum Gasteiger partial charge on any atom is 0.310 e. The summed E-state index contributed by atoms with van der Waals surface area (Å²) in [5.41, 5.74) is -0.672. The fraction of sp³-hybridized carbons (Fsp3) is 0.917. The maximum absolute atomic E-state index is 12.0. The van der Waals surface area contributed by atoms with Crippen molar-refractivity contribution in [3.05, 3.63) is 10.1 Å². The van der Waals surface area contributed by atoms with E-state index in [1.54, 1.807) is 0 Å². The minimum atomic E-state index is -0.684. The van der Waals surface area contributed by atoms with Crippen molar-refractivity contribution in [3.63, 3.8) is 0 Å². The van der Waals surface area contributed by atoms with E-state index in [1.165, 1.54) is 0 Å². The molecule has 5 heteroatoms. The van der Waals surface area contributed by atoms with Crippen molar-refractivity contribution in [1.82, 2.24) is 0 Å². The van der Waals surface area contributed by atoms with Crippen LogP contribution >= 0.6 is 0 Å². The number of ether oxygens (including phenoxy) is 1. The molecule has 17 heavy (non-hydrogen) atoms. The quantitative estimate of drug-likeness (QED) is 0.400. The molecule has 2 bridgehead atoms. The smallest absolute Gasteiger partial charge is 0.310 e. The van der Waals surface area contributed by atoms with Gasteiger partial charge in [0.15, 0.2) is 0 Å². The highest BCUT2D eigenvalue weighted by Crippen LogP contribution is 2.44. The van der Waals surface area contributed by atoms with Gasteiger partial charge in [-0.25, -0.2) is 0 Å². The Labute approximate surface area is 101 Å². The average Bonchev–Trinajstić information content (AvgIpc) is 2.39. The molecule has 2 heterocycles. The van der Waals surface area contributed by atoms with E-state index >= 15 is 0 Å². The predicted octanol–water partition coefficient (Wildman–Crippen LogP) is 2.02. The van der Waals surface area contributed by atoms with E-state index in [0.717, 1.165) is 12.8 Å². The Balaban J connectivity index is 2.46. The third-order valence-corrected chi connectivity index (χ3v) is 4.72. The fourth-order valence-electron chi connectivity index (χ4n) is 3.37. The molecule has 2 fully saturated rings. The lowest BCUT2D eigenvalue weighted by Gasteiger charge is -2.35. The summed E-state index contributed by atoms with van der Waals surface area (Å²) >= 11 is 0. The molecule has 5 nitrogen and oxygen atoms in total. The Morgan fingerprint density at radius 3 is 2.71 bits per heavy atom. The van der Waals surface area contributed by atoms with Gasteiger partial charge in [0, 0.05) is 10.8 Å². The number of esters is 1. The second-order valence-corrected chi connectivity index (χ2v) is 5.66. The summed E-state index contributed by atoms with van der Waals surface area (Å²) in [6, 6.07) is -0.684. The van der Waals surface area contributed by atoms with Crippen LogP contribution in [0.5, 0.6) is 0 Å². The summed E-state index contributed by atoms with van der Waals surface area (Å²) in [4.78, 5) is 23.0. The number of carbonyl (C=O) groups is 1. The van der Waals surface area contributed by atoms with E-state index in [2.05, 4.69) is 0 Å². The van der Waals surface area contributed by atoms with E-state index in [4.69, 9.17) is 4.74 Å². The zero-order valence-electron chi connectivity index (χ0n) is 10.5. The van der Waals surface area contributed by atoms with Crippen LogP contribution in [-0.2, 0) is 9.53 Å². The molecule has 0 spiro atoms. The lowest BCUT2D eigenvalue weighted by Crippen LogP contribution is -2.47. The maximum atomic E-state index is 12.0. The second-order valence-electron chi connectivity index (χ2n) is 5.66. The summed E-state index contributed by atoms with van der Waals surface area (Å²) in [6.07, 6.45) is 2.35. The molecular weight excluding hydrogens is 222 g/mol. The van der Waals surface area contributed by atoms with Gasteiger partial charge >= 0.3 is 5.97 Å². The van der Waals surface area contributed by atoms with Gasteiger partial charge in [-0.3, -0.25) is 14.9 Å². The van der Waals surface area contributed by atoms with E-state index in [1.807, 2.05) is 20.8 Å². The van der Waals surface area contributed by atoms with Crippen LogP contribution < -0.4 is 0 Å². The Morgan fingerprint density at radius 2 is 2.12 bits per heavy atom. The number of fused-ring (bicyclic) bond motifs is 3. The number of nitro groups is 1. The van der Waals surface area contributed by atoms with Crippen molar-refractivity contribution in [1.29, 1.82) is 0 Å². The van der Waals surface area contributed by atoms with Crippen molar-refractivity contribution in [2.75, 3.05) is 0 Å². The molecule has 0 amide bonds. The first-order valence-corrected chi connectivity index (χ1v) is 6.23. The molecule has 96 valence electrons. The fourth-order valence-corrected chi connectivity index (χ4v) is 3.37. The van der Waals surface area contributed by atoms with Crippen LogP contribution in [0.1, 0.15) is 40.0 Å². The van der Waals surface area contributed by atoms with Crippen LogP contribution in [0.25, 0.3) is 0 Å². The minimum Gasteiger partial charge on any atom is -0.459 e. The van der Waals surface area contributed by atoms with Gasteiger partial charge < -0.3 is 4.74 Å². The normalized spacial score (nSPS) is 45.9. The minimum absolute atomic E-state index is 0.228. The highest BCUT2D eigenvalue weighted by molar-refractivity contribution is 5.74. The standard InChI is InChI=1S/C12H19NO4/c1-7-9-5-4-6-12(3,17-11(9)14)8(2)10(7)13(15)16/h7-10H,4-6H2,1-3H3/t7-,8+,9-,10+,12-/m1/s1. The van der Waals surface area contributed by atoms with Gasteiger partial charge in [0.1, 0.15) is 5.60 Å². The third kappa shape index (κ3) is 1.81. The summed E-state index contributed by atoms with van der Waals surface area (Å²) < 4.78 is 5.54. The molecule has 5 atom stereocenters. The van der Waals surface area contributed by atoms with Crippen molar-refractivity contribution < 1.29 is 14.5 Å². The zero-order valence-corrected chi connectivity index (χ0v) is 10.5. The van der Waals surface area contributed by atoms with Gasteiger partial charge in [-0.05, 0) is 26.2 Å². The third-order valence-electron chi connectivity index (χ3n) is 4.72. The van der Waals surface area contributed by atoms with Gasteiger partial charge in [-0.1, -0.05) is 13.8 Å². The molecule has 0 saturated carbocycles. The van der Waals surface area contributed by atoms with E-state index < -0.39 is 11.6 Å². The Bertz CT molecular complexity index is 356. The van der Waals surface area contributed by atoms with Crippen LogP contribution in [-0.4, -0.2) is 22.5 Å². The molecule has 0 aromatic carbocycles. The number of rotatable bonds is 1. The van der Waals surface area contributed by atoms with Gasteiger partial charge in [0.25, 0.3) is 0 Å². The molecule has 0 aliphatic carbocycles. The lowest BCUT2D eigenvalue weighted by molar-refractivity contribution is -0.545. The Morgan fingerprint density at radius 1 is 1.47 bits per heavy atom. The van der Waals surface area contributed by atoms with Crippen molar-refractivity contribution in [3.8, 4) is 0 Å². The molecule has 2 aliphatic heterocycles. The van der Waals surface area contributed by atoms with Gasteiger partial charge in [0.05, 0.1) is 11.8 Å². The molecule has 2 rings (SSSR count). The topological polar surface area (TPSA) is 69.4 Å². The number of nitrogens with zero attached hydrogens (tertiary/aromatic N) is 1. The number of hydrogen-bond acceptors (Lipinski definition) is 4. The second kappa shape index (κ2) is 3.96. The largest absolute Gasteiger partial charge is 0.459 e. The van der Waals surface area contributed by atoms with Crippen LogP contribution in [0.3, 0.4) is 0 Å². The SMILES string of the molecule is C[C@H]1[C@H]([N+](=O)[O-])[C@H](C)[C@@]2(C)CCC[C@H]1C(=O)O2. The summed E-state index contributed by atoms with van der Waals surface area (Å²) in [7, 11) is 0. The molecule has 2 saturated heterocycles. The zero-order chi connectivity index (χ0) is 12.8. The van der Waals surface area contributed by atoms with Crippen molar-refractivity contribution >= 4 is 5.97 Å². The van der Waals surface area contributed by atoms with Gasteiger partial charge in [-0.2, -0.15) is 0 Å². The first-order valence-electron chi connectivity index (χ1n) is 6.23. The Kier molecular flexibility index (Phi) is 2.87. The first-order chi connectivity index (χ1) is 7.87. The van der Waals surface area contributed by atoms with Crippen LogP contribution in [0.4, 0.5) is 0 Å². The molecular formula is C12H19NO4. The Hall–Kier alpha value is -1.13. The van der Waals surface area contributed by atoms with Crippen LogP contribution in [0, 0.1) is 27.9 Å². The first kappa shape index (κ1) is 12.3. The van der Waals surface area contributed by atoms with Gasteiger partial charge in [-0.15, -0.1) is 0 Å². The predicted molar refractivity (Wildman–Crippen MR) is 60.9 cm³/mol. The molecule has 0 unspecified atom stereocenters. The number of hydrogen-bond donors (Lipinski definition) is 0. The average molecular weight is 241 g/mol. The molecule has 0 aromatic heterocycles. The molecule has 0 radical (unpaired) electrons. The number of carbonyl (C=O) groups excluding carboxylic acids is 1. The lowest BCUT2D eigenvalue weighted by atomic mass is 9.71. The van der Waals surface area contributed by atoms with Crippen molar-refractivity contribution in [2.45, 2.75) is 51.7 Å². The van der Waals surface area contributed by atoms with Crippen LogP contribution in [0.15, 0.2) is 0 Å². The monoisotopic (exact) mass is 241 g/mol. The van der Waals surface area contributed by atoms with E-state index in [-0.39, 0.29) is 28.6 Å². The van der Waals surface area contributed by atoms with Crippen LogP contribution in [0.2, 0.25) is 0 Å². The molecule has 0 N–H and O–H groups in total.